The van der Waals surface area contributed by atoms with Gasteiger partial charge in [-0.1, -0.05) is 47.5 Å². The van der Waals surface area contributed by atoms with Crippen molar-refractivity contribution in [2.24, 2.45) is 11.8 Å². The standard InChI is InChI=1S/C26H45N3O6S/c1-10-13-29(23(31)21(17(11-2)12-3)28-25(33)35-26(6,7)8)19(16(4)5)14-20(30)22-27-18(15-36-22)24(32)34-9/h15-17,19-21,30H,10-14H2,1-9H3,(H,28,33)/t19-,20-,21?/m1/s1. The molecule has 0 aromatic carbocycles. The van der Waals surface area contributed by atoms with Crippen molar-refractivity contribution in [1.82, 2.24) is 15.2 Å². The van der Waals surface area contributed by atoms with Crippen LogP contribution < -0.4 is 5.32 Å². The normalized spacial score (nSPS) is 14.3. The molecule has 2 amide bonds. The quantitative estimate of drug-likeness (QED) is 0.349. The van der Waals surface area contributed by atoms with Crippen LogP contribution in [0.5, 0.6) is 0 Å². The first-order valence-electron chi connectivity index (χ1n) is 12.8. The Morgan fingerprint density at radius 3 is 2.25 bits per heavy atom. The molecule has 0 saturated carbocycles. The van der Waals surface area contributed by atoms with Crippen LogP contribution in [0.25, 0.3) is 0 Å². The minimum Gasteiger partial charge on any atom is -0.464 e. The highest BCUT2D eigenvalue weighted by molar-refractivity contribution is 7.09. The molecule has 0 bridgehead atoms. The van der Waals surface area contributed by atoms with E-state index in [1.54, 1.807) is 31.1 Å². The molecule has 1 heterocycles. The predicted octanol–water partition coefficient (Wildman–Crippen LogP) is 4.95. The topological polar surface area (TPSA) is 118 Å². The van der Waals surface area contributed by atoms with Gasteiger partial charge < -0.3 is 24.8 Å². The number of nitrogens with zero attached hydrogens (tertiary/aromatic N) is 2. The zero-order valence-corrected chi connectivity index (χ0v) is 24.1. The van der Waals surface area contributed by atoms with Crippen molar-refractivity contribution in [2.45, 2.75) is 105 Å². The van der Waals surface area contributed by atoms with Crippen molar-refractivity contribution in [1.29, 1.82) is 0 Å². The molecule has 10 heteroatoms. The molecule has 0 saturated heterocycles. The molecule has 0 radical (unpaired) electrons. The number of hydrogen-bond donors (Lipinski definition) is 2. The third-order valence-corrected chi connectivity index (χ3v) is 6.99. The van der Waals surface area contributed by atoms with E-state index in [1.165, 1.54) is 18.4 Å². The van der Waals surface area contributed by atoms with Gasteiger partial charge in [0, 0.05) is 24.4 Å². The SMILES string of the molecule is CCCN(C(=O)C(NC(=O)OC(C)(C)C)C(CC)CC)[C@H](C[C@@H](O)c1nc(C(=O)OC)cs1)C(C)C. The Morgan fingerprint density at radius 1 is 1.17 bits per heavy atom. The minimum absolute atomic E-state index is 0.0269. The smallest absolute Gasteiger partial charge is 0.408 e. The summed E-state index contributed by atoms with van der Waals surface area (Å²) in [5, 5.41) is 15.8. The first-order chi connectivity index (χ1) is 16.8. The van der Waals surface area contributed by atoms with E-state index >= 15 is 0 Å². The van der Waals surface area contributed by atoms with E-state index in [-0.39, 0.29) is 35.9 Å². The first kappa shape index (κ1) is 31.8. The number of methoxy groups -OCH3 is 1. The van der Waals surface area contributed by atoms with Gasteiger partial charge in [-0.3, -0.25) is 4.79 Å². The number of aliphatic hydroxyl groups is 1. The number of nitrogens with one attached hydrogen (secondary N) is 1. The second kappa shape index (κ2) is 14.5. The van der Waals surface area contributed by atoms with E-state index < -0.39 is 29.8 Å². The van der Waals surface area contributed by atoms with E-state index in [0.717, 1.165) is 6.42 Å². The lowest BCUT2D eigenvalue weighted by Gasteiger charge is -2.39. The van der Waals surface area contributed by atoms with Crippen molar-refractivity contribution in [3.8, 4) is 0 Å². The Balaban J connectivity index is 3.25. The lowest BCUT2D eigenvalue weighted by molar-refractivity contribution is -0.139. The largest absolute Gasteiger partial charge is 0.464 e. The summed E-state index contributed by atoms with van der Waals surface area (Å²) in [7, 11) is 1.28. The van der Waals surface area contributed by atoms with Gasteiger partial charge in [0.1, 0.15) is 22.8 Å². The number of esters is 1. The van der Waals surface area contributed by atoms with Crippen molar-refractivity contribution in [2.75, 3.05) is 13.7 Å². The summed E-state index contributed by atoms with van der Waals surface area (Å²) in [6.07, 6.45) is 0.818. The number of carbonyl (C=O) groups is 3. The highest BCUT2D eigenvalue weighted by Gasteiger charge is 2.37. The number of carbonyl (C=O) groups excluding carboxylic acids is 3. The molecule has 0 spiro atoms. The Kier molecular flexibility index (Phi) is 12.8. The fourth-order valence-corrected chi connectivity index (χ4v) is 4.95. The van der Waals surface area contributed by atoms with Gasteiger partial charge in [0.05, 0.1) is 7.11 Å². The Bertz CT molecular complexity index is 847. The molecule has 9 nitrogen and oxygen atoms in total. The average Bonchev–Trinajstić information content (AvgIpc) is 3.29. The predicted molar refractivity (Wildman–Crippen MR) is 141 cm³/mol. The van der Waals surface area contributed by atoms with Crippen LogP contribution in [0.15, 0.2) is 5.38 Å². The fourth-order valence-electron chi connectivity index (χ4n) is 4.16. The van der Waals surface area contributed by atoms with Crippen LogP contribution in [0, 0.1) is 11.8 Å². The van der Waals surface area contributed by atoms with Crippen molar-refractivity contribution < 1.29 is 29.0 Å². The lowest BCUT2D eigenvalue weighted by Crippen LogP contribution is -2.56. The maximum atomic E-state index is 14.0. The number of rotatable bonds is 13. The second-order valence-corrected chi connectivity index (χ2v) is 11.2. The Hall–Kier alpha value is -2.20. The summed E-state index contributed by atoms with van der Waals surface area (Å²) in [5.74, 6) is -0.784. The summed E-state index contributed by atoms with van der Waals surface area (Å²) in [6, 6.07) is -1.05. The third-order valence-electron chi connectivity index (χ3n) is 6.04. The number of aromatic nitrogens is 1. The van der Waals surface area contributed by atoms with Gasteiger partial charge in [-0.05, 0) is 39.0 Å². The van der Waals surface area contributed by atoms with Crippen molar-refractivity contribution in [3.05, 3.63) is 16.1 Å². The molecule has 0 aliphatic carbocycles. The maximum absolute atomic E-state index is 14.0. The maximum Gasteiger partial charge on any atom is 0.408 e. The Labute approximate surface area is 220 Å². The molecule has 1 unspecified atom stereocenters. The number of hydrogen-bond acceptors (Lipinski definition) is 8. The zero-order chi connectivity index (χ0) is 27.6. The highest BCUT2D eigenvalue weighted by atomic mass is 32.1. The van der Waals surface area contributed by atoms with Crippen LogP contribution in [0.3, 0.4) is 0 Å². The van der Waals surface area contributed by atoms with Crippen LogP contribution in [0.1, 0.15) is 103 Å². The molecular formula is C26H45N3O6S. The van der Waals surface area contributed by atoms with Gasteiger partial charge in [0.25, 0.3) is 0 Å². The van der Waals surface area contributed by atoms with E-state index in [4.69, 9.17) is 9.47 Å². The fraction of sp³-hybridized carbons (Fsp3) is 0.769. The van der Waals surface area contributed by atoms with E-state index in [1.807, 2.05) is 34.6 Å². The van der Waals surface area contributed by atoms with Crippen LogP contribution >= 0.6 is 11.3 Å². The summed E-state index contributed by atoms with van der Waals surface area (Å²) in [6.45, 7) is 15.8. The van der Waals surface area contributed by atoms with Crippen molar-refractivity contribution in [3.63, 3.8) is 0 Å². The Morgan fingerprint density at radius 2 is 1.78 bits per heavy atom. The first-order valence-corrected chi connectivity index (χ1v) is 13.7. The summed E-state index contributed by atoms with van der Waals surface area (Å²) in [5.41, 5.74) is -0.537. The zero-order valence-electron chi connectivity index (χ0n) is 23.3. The van der Waals surface area contributed by atoms with Crippen LogP contribution in [0.4, 0.5) is 4.79 Å². The molecular weight excluding hydrogens is 482 g/mol. The van der Waals surface area contributed by atoms with Gasteiger partial charge in [-0.15, -0.1) is 11.3 Å². The van der Waals surface area contributed by atoms with Crippen molar-refractivity contribution >= 4 is 29.3 Å². The molecule has 36 heavy (non-hydrogen) atoms. The minimum atomic E-state index is -0.960. The molecule has 0 aliphatic heterocycles. The number of amides is 2. The van der Waals surface area contributed by atoms with E-state index in [0.29, 0.717) is 24.4 Å². The number of aliphatic hydroxyl groups excluding tert-OH is 1. The number of ether oxygens (including phenoxy) is 2. The van der Waals surface area contributed by atoms with Crippen LogP contribution in [-0.4, -0.2) is 64.3 Å². The monoisotopic (exact) mass is 527 g/mol. The molecule has 3 atom stereocenters. The van der Waals surface area contributed by atoms with Crippen LogP contribution in [-0.2, 0) is 14.3 Å². The van der Waals surface area contributed by atoms with Gasteiger partial charge in [0.2, 0.25) is 5.91 Å². The highest BCUT2D eigenvalue weighted by Crippen LogP contribution is 2.29. The molecule has 206 valence electrons. The van der Waals surface area contributed by atoms with E-state index in [2.05, 4.69) is 10.3 Å². The van der Waals surface area contributed by atoms with Gasteiger partial charge in [-0.2, -0.15) is 0 Å². The lowest BCUT2D eigenvalue weighted by atomic mass is 9.90. The van der Waals surface area contributed by atoms with E-state index in [9.17, 15) is 19.5 Å². The summed E-state index contributed by atoms with van der Waals surface area (Å²) >= 11 is 1.18. The van der Waals surface area contributed by atoms with Gasteiger partial charge in [0.15, 0.2) is 5.69 Å². The van der Waals surface area contributed by atoms with Gasteiger partial charge in [-0.25, -0.2) is 14.6 Å². The molecule has 1 aromatic heterocycles. The third kappa shape index (κ3) is 9.35. The molecule has 0 aliphatic rings. The number of thiazole rings is 1. The molecule has 1 aromatic rings. The van der Waals surface area contributed by atoms with Crippen LogP contribution in [0.2, 0.25) is 0 Å². The average molecular weight is 528 g/mol. The molecule has 1 rings (SSSR count). The second-order valence-electron chi connectivity index (χ2n) is 10.4. The van der Waals surface area contributed by atoms with Gasteiger partial charge >= 0.3 is 12.1 Å². The molecule has 0 fully saturated rings. The summed E-state index contributed by atoms with van der Waals surface area (Å²) in [4.78, 5) is 44.4. The molecule has 2 N–H and O–H groups in total. The number of alkyl carbamates (subject to hydrolysis) is 1. The summed E-state index contributed by atoms with van der Waals surface area (Å²) < 4.78 is 10.2.